The molecule has 1 amide bonds. The van der Waals surface area contributed by atoms with Crippen molar-refractivity contribution in [3.05, 3.63) is 64.7 Å². The molecule has 0 fully saturated rings. The predicted octanol–water partition coefficient (Wildman–Crippen LogP) is 5.01. The smallest absolute Gasteiger partial charge is 0.220 e. The number of amides is 1. The first-order chi connectivity index (χ1) is 15.9. The molecule has 0 spiro atoms. The van der Waals surface area contributed by atoms with Crippen LogP contribution >= 0.6 is 11.3 Å². The number of fused-ring (bicyclic) bond motifs is 2. The average Bonchev–Trinajstić information content (AvgIpc) is 3.49. The van der Waals surface area contributed by atoms with Crippen molar-refractivity contribution >= 4 is 38.5 Å². The Labute approximate surface area is 195 Å². The van der Waals surface area contributed by atoms with Crippen LogP contribution in [0.2, 0.25) is 0 Å². The molecule has 5 rings (SSSR count). The molecule has 0 unspecified atom stereocenters. The monoisotopic (exact) mass is 459 g/mol. The van der Waals surface area contributed by atoms with Gasteiger partial charge in [-0.3, -0.25) is 9.48 Å². The number of nitrogens with zero attached hydrogens (tertiary/aromatic N) is 4. The molecule has 4 aromatic heterocycles. The highest BCUT2D eigenvalue weighted by Gasteiger charge is 2.16. The Bertz CT molecular complexity index is 1460. The molecule has 5 aromatic rings. The lowest BCUT2D eigenvalue weighted by atomic mass is 9.99. The van der Waals surface area contributed by atoms with Crippen molar-refractivity contribution < 1.29 is 9.21 Å². The number of thiazole rings is 1. The standard InChI is InChI=1S/C25H25N5O2S/c1-14-18(15(2)27-24-23(14)16(3)29-30(24)4)10-12-22(31)26-13-17-9-11-20(32-17)25-28-19-7-5-6-8-21(19)33-25/h5-9,11H,10,12-13H2,1-4H3,(H,26,31). The van der Waals surface area contributed by atoms with E-state index in [1.54, 1.807) is 11.3 Å². The minimum absolute atomic E-state index is 0.0188. The SMILES string of the molecule is Cc1nc2c(c(C)nn2C)c(C)c1CCC(=O)NCc1ccc(-c2nc3ccccc3s2)o1. The second kappa shape index (κ2) is 8.44. The number of hydrogen-bond donors (Lipinski definition) is 1. The zero-order valence-corrected chi connectivity index (χ0v) is 19.9. The number of aryl methyl sites for hydroxylation is 4. The summed E-state index contributed by atoms with van der Waals surface area (Å²) in [6.07, 6.45) is 1.02. The summed E-state index contributed by atoms with van der Waals surface area (Å²) in [6.45, 7) is 6.43. The molecule has 1 aromatic carbocycles. The highest BCUT2D eigenvalue weighted by atomic mass is 32.1. The normalized spacial score (nSPS) is 11.5. The molecule has 0 saturated heterocycles. The van der Waals surface area contributed by atoms with Crippen LogP contribution in [0.5, 0.6) is 0 Å². The topological polar surface area (TPSA) is 85.8 Å². The maximum absolute atomic E-state index is 12.5. The van der Waals surface area contributed by atoms with Crippen molar-refractivity contribution in [3.8, 4) is 10.8 Å². The van der Waals surface area contributed by atoms with Crippen molar-refractivity contribution in [1.29, 1.82) is 0 Å². The van der Waals surface area contributed by atoms with Crippen molar-refractivity contribution in [1.82, 2.24) is 25.1 Å². The number of rotatable bonds is 6. The van der Waals surface area contributed by atoms with Gasteiger partial charge in [-0.1, -0.05) is 12.1 Å². The third kappa shape index (κ3) is 4.02. The summed E-state index contributed by atoms with van der Waals surface area (Å²) in [6, 6.07) is 11.8. The molecule has 1 N–H and O–H groups in total. The summed E-state index contributed by atoms with van der Waals surface area (Å²) in [7, 11) is 1.91. The van der Waals surface area contributed by atoms with E-state index in [9.17, 15) is 4.79 Å². The molecule has 168 valence electrons. The number of hydrogen-bond acceptors (Lipinski definition) is 6. The minimum Gasteiger partial charge on any atom is -0.457 e. The van der Waals surface area contributed by atoms with Gasteiger partial charge in [0.15, 0.2) is 16.4 Å². The Morgan fingerprint density at radius 3 is 2.73 bits per heavy atom. The van der Waals surface area contributed by atoms with Crippen LogP contribution in [0, 0.1) is 20.8 Å². The van der Waals surface area contributed by atoms with Gasteiger partial charge in [0.1, 0.15) is 5.76 Å². The first-order valence-corrected chi connectivity index (χ1v) is 11.7. The largest absolute Gasteiger partial charge is 0.457 e. The Morgan fingerprint density at radius 2 is 1.91 bits per heavy atom. The summed E-state index contributed by atoms with van der Waals surface area (Å²) in [5, 5.41) is 9.38. The predicted molar refractivity (Wildman–Crippen MR) is 130 cm³/mol. The van der Waals surface area contributed by atoms with Gasteiger partial charge in [-0.15, -0.1) is 11.3 Å². The van der Waals surface area contributed by atoms with E-state index in [1.165, 1.54) is 0 Å². The number of pyridine rings is 1. The van der Waals surface area contributed by atoms with Crippen LogP contribution in [0.15, 0.2) is 40.8 Å². The Kier molecular flexibility index (Phi) is 5.46. The van der Waals surface area contributed by atoms with Gasteiger partial charge in [0, 0.05) is 24.5 Å². The Balaban J connectivity index is 1.22. The number of aromatic nitrogens is 4. The van der Waals surface area contributed by atoms with Gasteiger partial charge in [0.05, 0.1) is 22.5 Å². The lowest BCUT2D eigenvalue weighted by Crippen LogP contribution is -2.23. The first-order valence-electron chi connectivity index (χ1n) is 10.9. The fourth-order valence-corrected chi connectivity index (χ4v) is 5.24. The summed E-state index contributed by atoms with van der Waals surface area (Å²) < 4.78 is 8.86. The lowest BCUT2D eigenvalue weighted by Gasteiger charge is -2.11. The van der Waals surface area contributed by atoms with Gasteiger partial charge < -0.3 is 9.73 Å². The number of carbonyl (C=O) groups excluding carboxylic acids is 1. The van der Waals surface area contributed by atoms with Crippen molar-refractivity contribution in [2.75, 3.05) is 0 Å². The molecule has 0 aliphatic heterocycles. The molecule has 8 heteroatoms. The molecule has 0 bridgehead atoms. The van der Waals surface area contributed by atoms with Gasteiger partial charge in [-0.05, 0) is 62.6 Å². The van der Waals surface area contributed by atoms with Crippen molar-refractivity contribution in [2.45, 2.75) is 40.2 Å². The van der Waals surface area contributed by atoms with Crippen LogP contribution in [0.3, 0.4) is 0 Å². The molecule has 0 aliphatic rings. The van der Waals surface area contributed by atoms with Crippen LogP contribution in [-0.2, 0) is 24.8 Å². The quantitative estimate of drug-likeness (QED) is 0.386. The third-order valence-electron chi connectivity index (χ3n) is 5.96. The fourth-order valence-electron chi connectivity index (χ4n) is 4.31. The number of benzene rings is 1. The van der Waals surface area contributed by atoms with E-state index in [1.807, 2.05) is 62.0 Å². The highest BCUT2D eigenvalue weighted by molar-refractivity contribution is 7.21. The summed E-state index contributed by atoms with van der Waals surface area (Å²) >= 11 is 1.60. The molecule has 4 heterocycles. The van der Waals surface area contributed by atoms with E-state index in [0.29, 0.717) is 25.1 Å². The van der Waals surface area contributed by atoms with Gasteiger partial charge in [0.2, 0.25) is 5.91 Å². The van der Waals surface area contributed by atoms with Crippen LogP contribution in [0.25, 0.3) is 32.0 Å². The molecular weight excluding hydrogens is 434 g/mol. The highest BCUT2D eigenvalue weighted by Crippen LogP contribution is 2.31. The second-order valence-corrected chi connectivity index (χ2v) is 9.27. The number of furan rings is 1. The van der Waals surface area contributed by atoms with Crippen molar-refractivity contribution in [3.63, 3.8) is 0 Å². The van der Waals surface area contributed by atoms with Crippen molar-refractivity contribution in [2.24, 2.45) is 7.05 Å². The maximum atomic E-state index is 12.5. The van der Waals surface area contributed by atoms with Gasteiger partial charge in [-0.2, -0.15) is 5.10 Å². The first kappa shape index (κ1) is 21.3. The number of para-hydroxylation sites is 1. The Hall–Kier alpha value is -3.52. The Morgan fingerprint density at radius 1 is 1.09 bits per heavy atom. The molecule has 0 aliphatic carbocycles. The van der Waals surface area contributed by atoms with Gasteiger partial charge >= 0.3 is 0 Å². The van der Waals surface area contributed by atoms with Crippen LogP contribution in [-0.4, -0.2) is 25.7 Å². The molecular formula is C25H25N5O2S. The maximum Gasteiger partial charge on any atom is 0.220 e. The number of carbonyl (C=O) groups is 1. The van der Waals surface area contributed by atoms with Crippen LogP contribution < -0.4 is 5.32 Å². The van der Waals surface area contributed by atoms with Gasteiger partial charge in [0.25, 0.3) is 0 Å². The molecule has 7 nitrogen and oxygen atoms in total. The zero-order valence-electron chi connectivity index (χ0n) is 19.1. The molecule has 0 atom stereocenters. The molecule has 33 heavy (non-hydrogen) atoms. The second-order valence-electron chi connectivity index (χ2n) is 8.24. The van der Waals surface area contributed by atoms with E-state index in [2.05, 4.69) is 22.3 Å². The van der Waals surface area contributed by atoms with E-state index in [-0.39, 0.29) is 5.91 Å². The average molecular weight is 460 g/mol. The van der Waals surface area contributed by atoms with Gasteiger partial charge in [-0.25, -0.2) is 9.97 Å². The third-order valence-corrected chi connectivity index (χ3v) is 7.01. The van der Waals surface area contributed by atoms with E-state index < -0.39 is 0 Å². The lowest BCUT2D eigenvalue weighted by molar-refractivity contribution is -0.121. The van der Waals surface area contributed by atoms with Crippen LogP contribution in [0.4, 0.5) is 0 Å². The molecule has 0 radical (unpaired) electrons. The number of nitrogens with one attached hydrogen (secondary N) is 1. The van der Waals surface area contributed by atoms with E-state index in [0.717, 1.165) is 54.5 Å². The summed E-state index contributed by atoms with van der Waals surface area (Å²) in [4.78, 5) is 21.9. The fraction of sp³-hybridized carbons (Fsp3) is 0.280. The summed E-state index contributed by atoms with van der Waals surface area (Å²) in [5.41, 5.74) is 6.03. The minimum atomic E-state index is -0.0188. The molecule has 0 saturated carbocycles. The zero-order chi connectivity index (χ0) is 23.1. The van der Waals surface area contributed by atoms with E-state index in [4.69, 9.17) is 9.40 Å². The van der Waals surface area contributed by atoms with E-state index >= 15 is 0 Å². The van der Waals surface area contributed by atoms with Crippen LogP contribution in [0.1, 0.15) is 34.7 Å². The summed E-state index contributed by atoms with van der Waals surface area (Å²) in [5.74, 6) is 1.41.